The van der Waals surface area contributed by atoms with Gasteiger partial charge < -0.3 is 11.1 Å². The van der Waals surface area contributed by atoms with Gasteiger partial charge in [0.15, 0.2) is 0 Å². The Morgan fingerprint density at radius 1 is 1.35 bits per heavy atom. The fourth-order valence-electron chi connectivity index (χ4n) is 2.74. The summed E-state index contributed by atoms with van der Waals surface area (Å²) in [7, 11) is 0. The molecule has 0 spiro atoms. The van der Waals surface area contributed by atoms with Crippen molar-refractivity contribution >= 4 is 11.6 Å². The molecule has 1 saturated carbocycles. The molecule has 1 heterocycles. The molecule has 1 aromatic heterocycles. The lowest BCUT2D eigenvalue weighted by Gasteiger charge is -2.28. The first-order valence-electron chi connectivity index (χ1n) is 6.49. The van der Waals surface area contributed by atoms with E-state index >= 15 is 0 Å². The van der Waals surface area contributed by atoms with Crippen LogP contribution < -0.4 is 11.1 Å². The van der Waals surface area contributed by atoms with E-state index in [0.29, 0.717) is 11.2 Å². The van der Waals surface area contributed by atoms with Crippen molar-refractivity contribution in [2.24, 2.45) is 5.41 Å². The van der Waals surface area contributed by atoms with E-state index in [1.165, 1.54) is 32.1 Å². The fourth-order valence-corrected chi connectivity index (χ4v) is 2.74. The van der Waals surface area contributed by atoms with E-state index in [2.05, 4.69) is 22.2 Å². The van der Waals surface area contributed by atoms with Crippen LogP contribution in [0.15, 0.2) is 6.07 Å². The van der Waals surface area contributed by atoms with Gasteiger partial charge in [0.1, 0.15) is 17.5 Å². The molecule has 0 amide bonds. The van der Waals surface area contributed by atoms with Crippen LogP contribution in [0, 0.1) is 12.3 Å². The zero-order valence-electron chi connectivity index (χ0n) is 10.8. The summed E-state index contributed by atoms with van der Waals surface area (Å²) in [6, 6.07) is 1.81. The van der Waals surface area contributed by atoms with E-state index in [1.807, 2.05) is 13.0 Å². The number of nitrogens with zero attached hydrogens (tertiary/aromatic N) is 2. The molecular weight excluding hydrogens is 212 g/mol. The Morgan fingerprint density at radius 2 is 2.06 bits per heavy atom. The number of nitrogens with two attached hydrogens (primary N) is 1. The highest BCUT2D eigenvalue weighted by molar-refractivity contribution is 5.44. The van der Waals surface area contributed by atoms with Gasteiger partial charge in [0.2, 0.25) is 0 Å². The second-order valence-corrected chi connectivity index (χ2v) is 5.14. The van der Waals surface area contributed by atoms with Gasteiger partial charge in [0.25, 0.3) is 0 Å². The van der Waals surface area contributed by atoms with Crippen LogP contribution in [0.5, 0.6) is 0 Å². The quantitative estimate of drug-likeness (QED) is 0.840. The van der Waals surface area contributed by atoms with Crippen molar-refractivity contribution < 1.29 is 0 Å². The van der Waals surface area contributed by atoms with Gasteiger partial charge in [-0.3, -0.25) is 0 Å². The maximum absolute atomic E-state index is 5.72. The number of anilines is 2. The SMILES string of the molecule is CCC1(CNc2cc(N)nc(C)n2)CCCC1. The van der Waals surface area contributed by atoms with Crippen LogP contribution in [-0.4, -0.2) is 16.5 Å². The van der Waals surface area contributed by atoms with Gasteiger partial charge in [0, 0.05) is 12.6 Å². The van der Waals surface area contributed by atoms with Crippen LogP contribution in [0.2, 0.25) is 0 Å². The molecule has 17 heavy (non-hydrogen) atoms. The summed E-state index contributed by atoms with van der Waals surface area (Å²) in [5, 5.41) is 3.43. The van der Waals surface area contributed by atoms with Crippen LogP contribution in [0.1, 0.15) is 44.9 Å². The third kappa shape index (κ3) is 2.87. The molecule has 1 aromatic rings. The summed E-state index contributed by atoms with van der Waals surface area (Å²) in [5.41, 5.74) is 6.18. The Bertz CT molecular complexity index is 363. The molecule has 0 saturated heterocycles. The summed E-state index contributed by atoms with van der Waals surface area (Å²) in [4.78, 5) is 8.44. The molecule has 2 rings (SSSR count). The number of aromatic nitrogens is 2. The van der Waals surface area contributed by atoms with Gasteiger partial charge in [-0.15, -0.1) is 0 Å². The number of hydrogen-bond acceptors (Lipinski definition) is 4. The standard InChI is InChI=1S/C13H22N4/c1-3-13(6-4-5-7-13)9-15-12-8-11(14)16-10(2)17-12/h8H,3-7,9H2,1-2H3,(H3,14,15,16,17). The smallest absolute Gasteiger partial charge is 0.131 e. The summed E-state index contributed by atoms with van der Waals surface area (Å²) in [5.74, 6) is 2.12. The Balaban J connectivity index is 2.01. The van der Waals surface area contributed by atoms with Crippen molar-refractivity contribution in [2.75, 3.05) is 17.6 Å². The second-order valence-electron chi connectivity index (χ2n) is 5.14. The molecule has 0 aromatic carbocycles. The third-order valence-corrected chi connectivity index (χ3v) is 3.92. The average Bonchev–Trinajstić information content (AvgIpc) is 2.74. The van der Waals surface area contributed by atoms with Crippen molar-refractivity contribution in [2.45, 2.75) is 46.0 Å². The van der Waals surface area contributed by atoms with E-state index < -0.39 is 0 Å². The zero-order chi connectivity index (χ0) is 12.3. The highest BCUT2D eigenvalue weighted by Crippen LogP contribution is 2.40. The van der Waals surface area contributed by atoms with Gasteiger partial charge in [-0.2, -0.15) is 0 Å². The summed E-state index contributed by atoms with van der Waals surface area (Å²) >= 11 is 0. The summed E-state index contributed by atoms with van der Waals surface area (Å²) < 4.78 is 0. The summed E-state index contributed by atoms with van der Waals surface area (Å²) in [6.07, 6.45) is 6.62. The van der Waals surface area contributed by atoms with Gasteiger partial charge >= 0.3 is 0 Å². The largest absolute Gasteiger partial charge is 0.384 e. The normalized spacial score (nSPS) is 18.2. The Morgan fingerprint density at radius 3 is 2.65 bits per heavy atom. The van der Waals surface area contributed by atoms with Crippen molar-refractivity contribution in [3.63, 3.8) is 0 Å². The number of hydrogen-bond donors (Lipinski definition) is 2. The minimum atomic E-state index is 0.466. The lowest BCUT2D eigenvalue weighted by molar-refractivity contribution is 0.306. The van der Waals surface area contributed by atoms with E-state index in [-0.39, 0.29) is 0 Å². The van der Waals surface area contributed by atoms with E-state index in [9.17, 15) is 0 Å². The molecule has 0 unspecified atom stereocenters. The molecular formula is C13H22N4. The summed E-state index contributed by atoms with van der Waals surface area (Å²) in [6.45, 7) is 5.15. The first-order chi connectivity index (χ1) is 8.13. The molecule has 0 bridgehead atoms. The second kappa shape index (κ2) is 4.90. The number of aryl methyl sites for hydroxylation is 1. The minimum absolute atomic E-state index is 0.466. The maximum atomic E-state index is 5.72. The molecule has 1 fully saturated rings. The lowest BCUT2D eigenvalue weighted by atomic mass is 9.83. The molecule has 1 aliphatic rings. The number of rotatable bonds is 4. The van der Waals surface area contributed by atoms with Gasteiger partial charge in [0.05, 0.1) is 0 Å². The predicted octanol–water partition coefficient (Wildman–Crippen LogP) is 2.75. The molecule has 94 valence electrons. The van der Waals surface area contributed by atoms with Crippen LogP contribution >= 0.6 is 0 Å². The molecule has 0 atom stereocenters. The molecule has 1 aliphatic carbocycles. The van der Waals surface area contributed by atoms with Crippen LogP contribution in [0.25, 0.3) is 0 Å². The fraction of sp³-hybridized carbons (Fsp3) is 0.692. The first-order valence-corrected chi connectivity index (χ1v) is 6.49. The predicted molar refractivity (Wildman–Crippen MR) is 70.9 cm³/mol. The monoisotopic (exact) mass is 234 g/mol. The van der Waals surface area contributed by atoms with Crippen molar-refractivity contribution in [1.82, 2.24) is 9.97 Å². The van der Waals surface area contributed by atoms with Crippen LogP contribution in [0.4, 0.5) is 11.6 Å². The lowest BCUT2D eigenvalue weighted by Crippen LogP contribution is -2.26. The van der Waals surface area contributed by atoms with Crippen LogP contribution in [0.3, 0.4) is 0 Å². The Hall–Kier alpha value is -1.32. The Kier molecular flexibility index (Phi) is 3.50. The highest BCUT2D eigenvalue weighted by atomic mass is 15.0. The third-order valence-electron chi connectivity index (χ3n) is 3.92. The van der Waals surface area contributed by atoms with Crippen molar-refractivity contribution in [3.8, 4) is 0 Å². The average molecular weight is 234 g/mol. The topological polar surface area (TPSA) is 63.8 Å². The van der Waals surface area contributed by atoms with Crippen LogP contribution in [-0.2, 0) is 0 Å². The minimum Gasteiger partial charge on any atom is -0.384 e. The molecule has 0 radical (unpaired) electrons. The van der Waals surface area contributed by atoms with Gasteiger partial charge in [-0.1, -0.05) is 19.8 Å². The first kappa shape index (κ1) is 12.1. The van der Waals surface area contributed by atoms with Crippen molar-refractivity contribution in [3.05, 3.63) is 11.9 Å². The van der Waals surface area contributed by atoms with Gasteiger partial charge in [-0.25, -0.2) is 9.97 Å². The van der Waals surface area contributed by atoms with Gasteiger partial charge in [-0.05, 0) is 31.6 Å². The van der Waals surface area contributed by atoms with E-state index in [1.54, 1.807) is 0 Å². The zero-order valence-corrected chi connectivity index (χ0v) is 10.8. The molecule has 3 N–H and O–H groups in total. The maximum Gasteiger partial charge on any atom is 0.131 e. The molecule has 4 heteroatoms. The van der Waals surface area contributed by atoms with Crippen molar-refractivity contribution in [1.29, 1.82) is 0 Å². The van der Waals surface area contributed by atoms with E-state index in [0.717, 1.165) is 18.2 Å². The number of nitrogen functional groups attached to an aromatic ring is 1. The molecule has 0 aliphatic heterocycles. The highest BCUT2D eigenvalue weighted by Gasteiger charge is 2.31. The Labute approximate surface area is 103 Å². The molecule has 4 nitrogen and oxygen atoms in total. The van der Waals surface area contributed by atoms with E-state index in [4.69, 9.17) is 5.73 Å². The number of nitrogens with one attached hydrogen (secondary N) is 1.